The topological polar surface area (TPSA) is 71.7 Å². The van der Waals surface area contributed by atoms with Gasteiger partial charge in [-0.1, -0.05) is 12.1 Å². The largest absolute Gasteiger partial charge is 0.457 e. The fourth-order valence-electron chi connectivity index (χ4n) is 2.56. The molecule has 0 spiro atoms. The Kier molecular flexibility index (Phi) is 8.52. The van der Waals surface area contributed by atoms with Crippen LogP contribution in [0.25, 0.3) is 21.0 Å². The molecule has 0 aliphatic carbocycles. The Labute approximate surface area is 180 Å². The molecule has 3 rings (SSSR count). The summed E-state index contributed by atoms with van der Waals surface area (Å²) in [5.41, 5.74) is 0.995. The van der Waals surface area contributed by atoms with Gasteiger partial charge in [0.25, 0.3) is 0 Å². The summed E-state index contributed by atoms with van der Waals surface area (Å²) in [6.45, 7) is 5.96. The van der Waals surface area contributed by atoms with Crippen molar-refractivity contribution in [1.82, 2.24) is 15.6 Å². The first-order valence-corrected chi connectivity index (χ1v) is 9.49. The van der Waals surface area contributed by atoms with Crippen LogP contribution in [-0.2, 0) is 11.3 Å². The van der Waals surface area contributed by atoms with E-state index in [1.807, 2.05) is 37.3 Å². The van der Waals surface area contributed by atoms with Crippen LogP contribution in [0.15, 0.2) is 45.8 Å². The summed E-state index contributed by atoms with van der Waals surface area (Å²) in [5.74, 6) is 2.33. The number of rotatable bonds is 7. The summed E-state index contributed by atoms with van der Waals surface area (Å²) < 4.78 is 12.3. The number of guanidine groups is 1. The first-order valence-electron chi connectivity index (χ1n) is 8.68. The fraction of sp³-hybridized carbons (Fsp3) is 0.368. The lowest BCUT2D eigenvalue weighted by Gasteiger charge is -2.16. The van der Waals surface area contributed by atoms with Gasteiger partial charge < -0.3 is 19.8 Å². The zero-order valence-electron chi connectivity index (χ0n) is 15.7. The third-order valence-corrected chi connectivity index (χ3v) is 4.75. The number of hydrogen-bond donors (Lipinski definition) is 2. The molecule has 6 nitrogen and oxygen atoms in total. The van der Waals surface area contributed by atoms with Gasteiger partial charge in [-0.15, -0.1) is 35.3 Å². The molecule has 146 valence electrons. The quantitative estimate of drug-likeness (QED) is 0.288. The van der Waals surface area contributed by atoms with Gasteiger partial charge >= 0.3 is 0 Å². The number of nitrogens with one attached hydrogen (secondary N) is 2. The van der Waals surface area contributed by atoms with Crippen LogP contribution in [0, 0.1) is 0 Å². The van der Waals surface area contributed by atoms with E-state index in [4.69, 9.17) is 9.15 Å². The second-order valence-corrected chi connectivity index (χ2v) is 6.98. The molecule has 8 heteroatoms. The molecule has 2 N–H and O–H groups in total. The molecule has 0 aliphatic rings. The lowest BCUT2D eigenvalue weighted by atomic mass is 10.3. The Morgan fingerprint density at radius 3 is 2.85 bits per heavy atom. The van der Waals surface area contributed by atoms with Crippen LogP contribution >= 0.6 is 35.3 Å². The number of furan rings is 1. The number of aromatic nitrogens is 1. The molecule has 2 heterocycles. The van der Waals surface area contributed by atoms with Crippen LogP contribution in [0.1, 0.15) is 19.6 Å². The van der Waals surface area contributed by atoms with E-state index in [0.717, 1.165) is 39.2 Å². The van der Waals surface area contributed by atoms with E-state index < -0.39 is 0 Å². The van der Waals surface area contributed by atoms with Crippen molar-refractivity contribution in [2.75, 3.05) is 20.3 Å². The van der Waals surface area contributed by atoms with E-state index in [1.54, 1.807) is 18.4 Å². The molecule has 0 radical (unpaired) electrons. The maximum Gasteiger partial charge on any atom is 0.191 e. The molecule has 0 saturated heterocycles. The second-order valence-electron chi connectivity index (χ2n) is 5.95. The number of halogens is 1. The summed E-state index contributed by atoms with van der Waals surface area (Å²) >= 11 is 1.63. The van der Waals surface area contributed by atoms with Gasteiger partial charge in [0, 0.05) is 19.7 Å². The van der Waals surface area contributed by atoms with E-state index in [2.05, 4.69) is 33.6 Å². The number of nitrogens with zero attached hydrogens (tertiary/aromatic N) is 2. The van der Waals surface area contributed by atoms with E-state index in [1.165, 1.54) is 0 Å². The SMILES string of the molecule is CCNC(=NCc1ccc(-c2nc3ccccc3s2)o1)NC(C)COC.I. The number of methoxy groups -OCH3 is 1. The molecule has 0 bridgehead atoms. The maximum atomic E-state index is 5.94. The first kappa shape index (κ1) is 21.6. The molecule has 3 aromatic rings. The van der Waals surface area contributed by atoms with Gasteiger partial charge in [-0.3, -0.25) is 0 Å². The van der Waals surface area contributed by atoms with Crippen molar-refractivity contribution in [3.63, 3.8) is 0 Å². The van der Waals surface area contributed by atoms with Gasteiger partial charge in [-0.25, -0.2) is 9.98 Å². The Balaban J connectivity index is 0.00000261. The summed E-state index contributed by atoms with van der Waals surface area (Å²) in [5, 5.41) is 7.43. The minimum atomic E-state index is 0. The standard InChI is InChI=1S/C19H24N4O2S.HI/c1-4-20-19(22-13(2)12-24-3)21-11-14-9-10-16(25-14)18-23-15-7-5-6-8-17(15)26-18;/h5-10,13H,4,11-12H2,1-3H3,(H2,20,21,22);1H. The summed E-state index contributed by atoms with van der Waals surface area (Å²) in [4.78, 5) is 9.21. The molecule has 2 aromatic heterocycles. The van der Waals surface area contributed by atoms with Gasteiger partial charge in [-0.05, 0) is 38.1 Å². The van der Waals surface area contributed by atoms with Gasteiger partial charge in [0.1, 0.15) is 12.3 Å². The van der Waals surface area contributed by atoms with Crippen LogP contribution in [-0.4, -0.2) is 37.2 Å². The fourth-order valence-corrected chi connectivity index (χ4v) is 3.48. The highest BCUT2D eigenvalue weighted by molar-refractivity contribution is 14.0. The van der Waals surface area contributed by atoms with Crippen molar-refractivity contribution in [3.05, 3.63) is 42.2 Å². The summed E-state index contributed by atoms with van der Waals surface area (Å²) in [6, 6.07) is 12.2. The normalized spacial score (nSPS) is 12.6. The molecule has 0 saturated carbocycles. The minimum absolute atomic E-state index is 0. The predicted molar refractivity (Wildman–Crippen MR) is 122 cm³/mol. The van der Waals surface area contributed by atoms with Gasteiger partial charge in [0.2, 0.25) is 0 Å². The van der Waals surface area contributed by atoms with Crippen molar-refractivity contribution in [1.29, 1.82) is 0 Å². The van der Waals surface area contributed by atoms with E-state index >= 15 is 0 Å². The highest BCUT2D eigenvalue weighted by atomic mass is 127. The highest BCUT2D eigenvalue weighted by Gasteiger charge is 2.11. The lowest BCUT2D eigenvalue weighted by Crippen LogP contribution is -2.43. The van der Waals surface area contributed by atoms with Crippen LogP contribution in [0.2, 0.25) is 0 Å². The van der Waals surface area contributed by atoms with E-state index in [-0.39, 0.29) is 30.0 Å². The van der Waals surface area contributed by atoms with Crippen LogP contribution < -0.4 is 10.6 Å². The van der Waals surface area contributed by atoms with E-state index in [0.29, 0.717) is 13.2 Å². The van der Waals surface area contributed by atoms with Gasteiger partial charge in [0.15, 0.2) is 16.7 Å². The molecule has 1 atom stereocenters. The number of ether oxygens (including phenoxy) is 1. The number of para-hydroxylation sites is 1. The van der Waals surface area contributed by atoms with Crippen LogP contribution in [0.5, 0.6) is 0 Å². The maximum absolute atomic E-state index is 5.94. The molecular weight excluding hydrogens is 475 g/mol. The average molecular weight is 500 g/mol. The highest BCUT2D eigenvalue weighted by Crippen LogP contribution is 2.31. The molecule has 27 heavy (non-hydrogen) atoms. The third kappa shape index (κ3) is 5.91. The number of fused-ring (bicyclic) bond motifs is 1. The third-order valence-electron chi connectivity index (χ3n) is 3.70. The molecule has 0 fully saturated rings. The molecular formula is C19H25IN4O2S. The Bertz CT molecular complexity index is 844. The number of aliphatic imine (C=N–C) groups is 1. The zero-order chi connectivity index (χ0) is 18.4. The second kappa shape index (κ2) is 10.6. The number of benzene rings is 1. The average Bonchev–Trinajstić information content (AvgIpc) is 3.26. The smallest absolute Gasteiger partial charge is 0.191 e. The van der Waals surface area contributed by atoms with Gasteiger partial charge in [0.05, 0.1) is 16.8 Å². The van der Waals surface area contributed by atoms with E-state index in [9.17, 15) is 0 Å². The Morgan fingerprint density at radius 1 is 1.30 bits per heavy atom. The minimum Gasteiger partial charge on any atom is -0.457 e. The number of thiazole rings is 1. The van der Waals surface area contributed by atoms with Crippen molar-refractivity contribution >= 4 is 51.5 Å². The zero-order valence-corrected chi connectivity index (χ0v) is 18.8. The van der Waals surface area contributed by atoms with Crippen LogP contribution in [0.3, 0.4) is 0 Å². The van der Waals surface area contributed by atoms with Crippen molar-refractivity contribution in [3.8, 4) is 10.8 Å². The van der Waals surface area contributed by atoms with Crippen molar-refractivity contribution < 1.29 is 9.15 Å². The Morgan fingerprint density at radius 2 is 2.11 bits per heavy atom. The number of hydrogen-bond acceptors (Lipinski definition) is 5. The van der Waals surface area contributed by atoms with Crippen LogP contribution in [0.4, 0.5) is 0 Å². The van der Waals surface area contributed by atoms with Crippen molar-refractivity contribution in [2.45, 2.75) is 26.4 Å². The monoisotopic (exact) mass is 500 g/mol. The van der Waals surface area contributed by atoms with Crippen molar-refractivity contribution in [2.24, 2.45) is 4.99 Å². The summed E-state index contributed by atoms with van der Waals surface area (Å²) in [7, 11) is 1.69. The first-order chi connectivity index (χ1) is 12.7. The van der Waals surface area contributed by atoms with Gasteiger partial charge in [-0.2, -0.15) is 0 Å². The summed E-state index contributed by atoms with van der Waals surface area (Å²) in [6.07, 6.45) is 0. The predicted octanol–water partition coefficient (Wildman–Crippen LogP) is 4.26. The molecule has 0 amide bonds. The lowest BCUT2D eigenvalue weighted by molar-refractivity contribution is 0.179. The molecule has 1 aromatic carbocycles. The molecule has 1 unspecified atom stereocenters. The Hall–Kier alpha value is -1.65. The molecule has 0 aliphatic heterocycles.